The lowest BCUT2D eigenvalue weighted by molar-refractivity contribution is -0.126. The molecule has 1 aromatic rings. The van der Waals surface area contributed by atoms with Gasteiger partial charge in [-0.3, -0.25) is 4.79 Å². The van der Waals surface area contributed by atoms with Crippen molar-refractivity contribution in [3.63, 3.8) is 0 Å². The van der Waals surface area contributed by atoms with Gasteiger partial charge in [0.15, 0.2) is 0 Å². The number of hydrogen-bond donors (Lipinski definition) is 3. The van der Waals surface area contributed by atoms with E-state index in [4.69, 9.17) is 5.73 Å². The van der Waals surface area contributed by atoms with Crippen LogP contribution in [0.2, 0.25) is 0 Å². The second-order valence-electron chi connectivity index (χ2n) is 5.77. The molecule has 102 valence electrons. The Bertz CT molecular complexity index is 368. The van der Waals surface area contributed by atoms with Crippen molar-refractivity contribution in [2.75, 3.05) is 13.1 Å². The Hall–Kier alpha value is -1.29. The van der Waals surface area contributed by atoms with E-state index in [-0.39, 0.29) is 23.2 Å². The highest BCUT2D eigenvalue weighted by Crippen LogP contribution is 2.20. The van der Waals surface area contributed by atoms with Crippen molar-refractivity contribution in [3.05, 3.63) is 24.0 Å². The van der Waals surface area contributed by atoms with Crippen LogP contribution in [0, 0.1) is 11.8 Å². The Kier molecular flexibility index (Phi) is 4.96. The highest BCUT2D eigenvalue weighted by Gasteiger charge is 2.25. The normalized spacial score (nSPS) is 13.7. The fourth-order valence-electron chi connectivity index (χ4n) is 1.97. The summed E-state index contributed by atoms with van der Waals surface area (Å²) in [5.74, 6) is 0.208. The molecule has 0 saturated carbocycles. The van der Waals surface area contributed by atoms with Gasteiger partial charge >= 0.3 is 0 Å². The molecule has 4 nitrogen and oxygen atoms in total. The van der Waals surface area contributed by atoms with Crippen molar-refractivity contribution in [2.24, 2.45) is 17.6 Å². The van der Waals surface area contributed by atoms with E-state index in [1.165, 1.54) is 0 Å². The molecule has 0 aliphatic rings. The van der Waals surface area contributed by atoms with Crippen LogP contribution >= 0.6 is 0 Å². The summed E-state index contributed by atoms with van der Waals surface area (Å²) in [6.07, 6.45) is 1.90. The van der Waals surface area contributed by atoms with E-state index in [0.29, 0.717) is 13.1 Å². The molecule has 0 aliphatic carbocycles. The zero-order chi connectivity index (χ0) is 13.8. The lowest BCUT2D eigenvalue weighted by Gasteiger charge is -2.26. The molecule has 18 heavy (non-hydrogen) atoms. The molecular formula is C14H25N3O. The van der Waals surface area contributed by atoms with Gasteiger partial charge in [-0.15, -0.1) is 0 Å². The van der Waals surface area contributed by atoms with Crippen LogP contribution in [0.1, 0.15) is 33.4 Å². The van der Waals surface area contributed by atoms with Crippen molar-refractivity contribution in [1.29, 1.82) is 0 Å². The molecule has 1 amide bonds. The maximum absolute atomic E-state index is 12.0. The number of rotatable bonds is 6. The van der Waals surface area contributed by atoms with Crippen molar-refractivity contribution in [2.45, 2.75) is 33.1 Å². The van der Waals surface area contributed by atoms with Gasteiger partial charge in [0.25, 0.3) is 0 Å². The third-order valence-corrected chi connectivity index (χ3v) is 3.43. The van der Waals surface area contributed by atoms with E-state index in [9.17, 15) is 4.79 Å². The Labute approximate surface area is 109 Å². The minimum atomic E-state index is -0.107. The number of carbonyl (C=O) groups excluding carboxylic acids is 1. The average molecular weight is 251 g/mol. The van der Waals surface area contributed by atoms with Gasteiger partial charge in [-0.25, -0.2) is 0 Å². The number of hydrogen-bond acceptors (Lipinski definition) is 2. The monoisotopic (exact) mass is 251 g/mol. The zero-order valence-electron chi connectivity index (χ0n) is 11.8. The molecule has 0 aliphatic heterocycles. The largest absolute Gasteiger partial charge is 0.364 e. The summed E-state index contributed by atoms with van der Waals surface area (Å²) in [6.45, 7) is 9.25. The van der Waals surface area contributed by atoms with Gasteiger partial charge in [-0.1, -0.05) is 27.7 Å². The first-order chi connectivity index (χ1) is 8.38. The van der Waals surface area contributed by atoms with Crippen LogP contribution in [0.5, 0.6) is 0 Å². The number of nitrogens with one attached hydrogen (secondary N) is 2. The first kappa shape index (κ1) is 14.8. The molecule has 0 bridgehead atoms. The highest BCUT2D eigenvalue weighted by molar-refractivity contribution is 5.79. The Morgan fingerprint density at radius 2 is 2.17 bits per heavy atom. The van der Waals surface area contributed by atoms with E-state index in [1.54, 1.807) is 0 Å². The Balaban J connectivity index is 2.57. The Morgan fingerprint density at radius 3 is 2.61 bits per heavy atom. The molecule has 0 saturated heterocycles. The van der Waals surface area contributed by atoms with Crippen molar-refractivity contribution >= 4 is 5.91 Å². The van der Waals surface area contributed by atoms with Gasteiger partial charge in [0.05, 0.1) is 5.92 Å². The number of carbonyl (C=O) groups is 1. The standard InChI is InChI=1S/C14H25N3O/c1-10(2)11(8-15)13(18)17-9-14(3,4)12-6-5-7-16-12/h5-7,10-11,16H,8-9,15H2,1-4H3,(H,17,18). The predicted molar refractivity (Wildman–Crippen MR) is 74.2 cm³/mol. The highest BCUT2D eigenvalue weighted by atomic mass is 16.1. The van der Waals surface area contributed by atoms with Crippen LogP contribution in [0.3, 0.4) is 0 Å². The minimum absolute atomic E-state index is 0.0483. The topological polar surface area (TPSA) is 70.9 Å². The van der Waals surface area contributed by atoms with E-state index in [1.807, 2.05) is 32.2 Å². The van der Waals surface area contributed by atoms with Crippen LogP contribution in [-0.4, -0.2) is 24.0 Å². The molecule has 1 heterocycles. The summed E-state index contributed by atoms with van der Waals surface area (Å²) in [4.78, 5) is 15.2. The third kappa shape index (κ3) is 3.60. The molecule has 1 rings (SSSR count). The quantitative estimate of drug-likeness (QED) is 0.719. The second-order valence-corrected chi connectivity index (χ2v) is 5.77. The molecule has 0 aromatic carbocycles. The van der Waals surface area contributed by atoms with Crippen LogP contribution in [-0.2, 0) is 10.2 Å². The van der Waals surface area contributed by atoms with E-state index >= 15 is 0 Å². The summed E-state index contributed by atoms with van der Waals surface area (Å²) in [5, 5.41) is 3.00. The first-order valence-corrected chi connectivity index (χ1v) is 6.50. The lowest BCUT2D eigenvalue weighted by Crippen LogP contribution is -2.43. The average Bonchev–Trinajstić information content (AvgIpc) is 2.81. The molecule has 4 N–H and O–H groups in total. The van der Waals surface area contributed by atoms with E-state index in [2.05, 4.69) is 24.1 Å². The molecule has 1 aromatic heterocycles. The minimum Gasteiger partial charge on any atom is -0.364 e. The molecule has 1 unspecified atom stereocenters. The molecule has 4 heteroatoms. The smallest absolute Gasteiger partial charge is 0.224 e. The van der Waals surface area contributed by atoms with Gasteiger partial charge in [0.2, 0.25) is 5.91 Å². The molecule has 0 spiro atoms. The lowest BCUT2D eigenvalue weighted by atomic mass is 9.88. The van der Waals surface area contributed by atoms with E-state index < -0.39 is 0 Å². The number of aromatic nitrogens is 1. The summed E-state index contributed by atoms with van der Waals surface area (Å²) < 4.78 is 0. The molecule has 0 radical (unpaired) electrons. The molecule has 1 atom stereocenters. The van der Waals surface area contributed by atoms with Gasteiger partial charge in [-0.05, 0) is 18.1 Å². The van der Waals surface area contributed by atoms with Gasteiger partial charge in [0.1, 0.15) is 0 Å². The van der Waals surface area contributed by atoms with E-state index in [0.717, 1.165) is 5.69 Å². The summed E-state index contributed by atoms with van der Waals surface area (Å²) in [6, 6.07) is 4.00. The van der Waals surface area contributed by atoms with Gasteiger partial charge < -0.3 is 16.0 Å². The SMILES string of the molecule is CC(C)C(CN)C(=O)NCC(C)(C)c1ccc[nH]1. The molecule has 0 fully saturated rings. The van der Waals surface area contributed by atoms with Crippen molar-refractivity contribution in [1.82, 2.24) is 10.3 Å². The third-order valence-electron chi connectivity index (χ3n) is 3.43. The molecular weight excluding hydrogens is 226 g/mol. The predicted octanol–water partition coefficient (Wildman–Crippen LogP) is 1.64. The van der Waals surface area contributed by atoms with Crippen molar-refractivity contribution < 1.29 is 4.79 Å². The summed E-state index contributed by atoms with van der Waals surface area (Å²) in [5.41, 5.74) is 6.66. The van der Waals surface area contributed by atoms with Crippen LogP contribution in [0.4, 0.5) is 0 Å². The number of amides is 1. The Morgan fingerprint density at radius 1 is 1.50 bits per heavy atom. The maximum atomic E-state index is 12.0. The summed E-state index contributed by atoms with van der Waals surface area (Å²) >= 11 is 0. The van der Waals surface area contributed by atoms with Crippen LogP contribution < -0.4 is 11.1 Å². The number of aromatic amines is 1. The van der Waals surface area contributed by atoms with Crippen molar-refractivity contribution in [3.8, 4) is 0 Å². The van der Waals surface area contributed by atoms with Gasteiger partial charge in [-0.2, -0.15) is 0 Å². The number of H-pyrrole nitrogens is 1. The maximum Gasteiger partial charge on any atom is 0.224 e. The zero-order valence-corrected chi connectivity index (χ0v) is 11.8. The number of nitrogens with two attached hydrogens (primary N) is 1. The van der Waals surface area contributed by atoms with Gasteiger partial charge in [0, 0.05) is 30.4 Å². The van der Waals surface area contributed by atoms with Crippen LogP contribution in [0.25, 0.3) is 0 Å². The fourth-order valence-corrected chi connectivity index (χ4v) is 1.97. The second kappa shape index (κ2) is 6.05. The van der Waals surface area contributed by atoms with Crippen LogP contribution in [0.15, 0.2) is 18.3 Å². The first-order valence-electron chi connectivity index (χ1n) is 6.50. The summed E-state index contributed by atoms with van der Waals surface area (Å²) in [7, 11) is 0. The fraction of sp³-hybridized carbons (Fsp3) is 0.643.